The average molecular weight is 363 g/mol. The molecule has 26 heavy (non-hydrogen) atoms. The molecule has 0 atom stereocenters. The number of fused-ring (bicyclic) bond motifs is 1. The van der Waals surface area contributed by atoms with E-state index in [1.54, 1.807) is 16.8 Å². The number of aromatic nitrogens is 3. The first kappa shape index (κ1) is 16.6. The lowest BCUT2D eigenvalue weighted by atomic mass is 10.2. The topological polar surface area (TPSA) is 54.7 Å². The number of hydrogen-bond acceptors (Lipinski definition) is 5. The van der Waals surface area contributed by atoms with E-state index in [0.717, 1.165) is 31.0 Å². The van der Waals surface area contributed by atoms with Gasteiger partial charge in [0, 0.05) is 18.8 Å². The summed E-state index contributed by atoms with van der Waals surface area (Å²) in [4.78, 5) is 6.34. The number of anilines is 3. The summed E-state index contributed by atoms with van der Waals surface area (Å²) in [6.45, 7) is 2.76. The summed E-state index contributed by atoms with van der Waals surface area (Å²) in [6, 6.07) is 8.73. The largest absolute Gasteiger partial charge is 0.416 e. The van der Waals surface area contributed by atoms with Gasteiger partial charge in [0.2, 0.25) is 0 Å². The molecule has 0 radical (unpaired) electrons. The van der Waals surface area contributed by atoms with Crippen LogP contribution in [0.15, 0.2) is 42.6 Å². The Balaban J connectivity index is 1.64. The maximum absolute atomic E-state index is 12.9. The van der Waals surface area contributed by atoms with Gasteiger partial charge in [-0.1, -0.05) is 6.07 Å². The number of ether oxygens (including phenoxy) is 1. The van der Waals surface area contributed by atoms with Crippen molar-refractivity contribution in [1.29, 1.82) is 0 Å². The van der Waals surface area contributed by atoms with Gasteiger partial charge in [0.05, 0.1) is 25.0 Å². The number of nitrogens with zero attached hydrogens (tertiary/aromatic N) is 4. The molecule has 1 saturated heterocycles. The fraction of sp³-hybridized carbons (Fsp3) is 0.294. The van der Waals surface area contributed by atoms with Gasteiger partial charge >= 0.3 is 6.18 Å². The zero-order valence-electron chi connectivity index (χ0n) is 13.7. The molecule has 1 fully saturated rings. The Kier molecular flexibility index (Phi) is 4.15. The van der Waals surface area contributed by atoms with Crippen molar-refractivity contribution in [1.82, 2.24) is 14.6 Å². The number of hydrogen-bond donors (Lipinski definition) is 1. The maximum atomic E-state index is 12.9. The number of nitrogens with one attached hydrogen (secondary N) is 1. The molecular weight excluding hydrogens is 347 g/mol. The van der Waals surface area contributed by atoms with Gasteiger partial charge < -0.3 is 15.0 Å². The number of alkyl halides is 3. The van der Waals surface area contributed by atoms with Crippen molar-refractivity contribution >= 4 is 23.0 Å². The van der Waals surface area contributed by atoms with Crippen LogP contribution in [0.2, 0.25) is 0 Å². The van der Waals surface area contributed by atoms with Crippen LogP contribution in [0.5, 0.6) is 0 Å². The lowest BCUT2D eigenvalue weighted by molar-refractivity contribution is -0.137. The van der Waals surface area contributed by atoms with E-state index in [-0.39, 0.29) is 0 Å². The van der Waals surface area contributed by atoms with Gasteiger partial charge in [0.25, 0.3) is 0 Å². The van der Waals surface area contributed by atoms with E-state index in [1.165, 1.54) is 6.07 Å². The fourth-order valence-corrected chi connectivity index (χ4v) is 2.83. The zero-order chi connectivity index (χ0) is 18.1. The minimum absolute atomic E-state index is 0.320. The predicted octanol–water partition coefficient (Wildman–Crippen LogP) is 3.33. The van der Waals surface area contributed by atoms with Crippen LogP contribution in [0.4, 0.5) is 30.5 Å². The molecule has 9 heteroatoms. The SMILES string of the molecule is FC(F)(F)c1cccc(Nc2cnc3ccc(N4CCOCC4)nn23)c1. The molecule has 1 aliphatic heterocycles. The smallest absolute Gasteiger partial charge is 0.378 e. The second-order valence-electron chi connectivity index (χ2n) is 5.91. The Morgan fingerprint density at radius 3 is 2.65 bits per heavy atom. The molecule has 0 saturated carbocycles. The van der Waals surface area contributed by atoms with Crippen molar-refractivity contribution in [2.75, 3.05) is 36.5 Å². The highest BCUT2D eigenvalue weighted by molar-refractivity contribution is 5.61. The minimum Gasteiger partial charge on any atom is -0.378 e. The molecular formula is C17H16F3N5O. The summed E-state index contributed by atoms with van der Waals surface area (Å²) in [5.74, 6) is 1.26. The van der Waals surface area contributed by atoms with Crippen LogP contribution in [0, 0.1) is 0 Å². The monoisotopic (exact) mass is 363 g/mol. The first-order valence-electron chi connectivity index (χ1n) is 8.12. The summed E-state index contributed by atoms with van der Waals surface area (Å²) in [5.41, 5.74) is 0.218. The van der Waals surface area contributed by atoms with E-state index in [4.69, 9.17) is 4.74 Å². The molecule has 136 valence electrons. The number of halogens is 3. The van der Waals surface area contributed by atoms with Crippen molar-refractivity contribution < 1.29 is 17.9 Å². The van der Waals surface area contributed by atoms with Gasteiger partial charge in [0.1, 0.15) is 5.82 Å². The highest BCUT2D eigenvalue weighted by Crippen LogP contribution is 2.31. The fourth-order valence-electron chi connectivity index (χ4n) is 2.83. The van der Waals surface area contributed by atoms with Crippen LogP contribution in [0.3, 0.4) is 0 Å². The molecule has 1 N–H and O–H groups in total. The van der Waals surface area contributed by atoms with Crippen molar-refractivity contribution in [3.8, 4) is 0 Å². The summed E-state index contributed by atoms with van der Waals surface area (Å²) >= 11 is 0. The Morgan fingerprint density at radius 2 is 1.88 bits per heavy atom. The first-order chi connectivity index (χ1) is 12.5. The third kappa shape index (κ3) is 3.30. The van der Waals surface area contributed by atoms with Crippen molar-refractivity contribution in [3.63, 3.8) is 0 Å². The third-order valence-corrected chi connectivity index (χ3v) is 4.15. The summed E-state index contributed by atoms with van der Waals surface area (Å²) in [7, 11) is 0. The molecule has 3 aromatic rings. The highest BCUT2D eigenvalue weighted by atomic mass is 19.4. The lowest BCUT2D eigenvalue weighted by Gasteiger charge is -2.27. The molecule has 0 bridgehead atoms. The minimum atomic E-state index is -4.39. The van der Waals surface area contributed by atoms with E-state index in [9.17, 15) is 13.2 Å². The molecule has 2 aromatic heterocycles. The van der Waals surface area contributed by atoms with E-state index in [1.807, 2.05) is 12.1 Å². The standard InChI is InChI=1S/C17H16F3N5O/c18-17(19,20)12-2-1-3-13(10-12)22-16-11-21-14-4-5-15(23-25(14)16)24-6-8-26-9-7-24/h1-5,10-11,22H,6-9H2. The second kappa shape index (κ2) is 6.49. The lowest BCUT2D eigenvalue weighted by Crippen LogP contribution is -2.37. The molecule has 4 rings (SSSR count). The van der Waals surface area contributed by atoms with Crippen LogP contribution in [-0.4, -0.2) is 40.9 Å². The van der Waals surface area contributed by atoms with Crippen molar-refractivity contribution in [2.45, 2.75) is 6.18 Å². The van der Waals surface area contributed by atoms with Gasteiger partial charge in [-0.3, -0.25) is 0 Å². The highest BCUT2D eigenvalue weighted by Gasteiger charge is 2.30. The van der Waals surface area contributed by atoms with Gasteiger partial charge in [-0.2, -0.15) is 17.7 Å². The number of imidazole rings is 1. The van der Waals surface area contributed by atoms with Crippen LogP contribution >= 0.6 is 0 Å². The van der Waals surface area contributed by atoms with Crippen molar-refractivity contribution in [3.05, 3.63) is 48.2 Å². The van der Waals surface area contributed by atoms with Crippen LogP contribution in [0.25, 0.3) is 5.65 Å². The number of benzene rings is 1. The number of morpholine rings is 1. The Labute approximate surface area is 147 Å². The Bertz CT molecular complexity index is 918. The van der Waals surface area contributed by atoms with E-state index >= 15 is 0 Å². The van der Waals surface area contributed by atoms with Gasteiger partial charge in [-0.25, -0.2) is 4.98 Å². The van der Waals surface area contributed by atoms with E-state index < -0.39 is 11.7 Å². The van der Waals surface area contributed by atoms with Crippen LogP contribution < -0.4 is 10.2 Å². The summed E-state index contributed by atoms with van der Waals surface area (Å²) in [5, 5.41) is 7.53. The molecule has 0 spiro atoms. The molecule has 6 nitrogen and oxygen atoms in total. The Morgan fingerprint density at radius 1 is 1.08 bits per heavy atom. The van der Waals surface area contributed by atoms with Gasteiger partial charge in [-0.05, 0) is 30.3 Å². The van der Waals surface area contributed by atoms with Gasteiger partial charge in [0.15, 0.2) is 11.5 Å². The number of rotatable bonds is 3. The van der Waals surface area contributed by atoms with E-state index in [0.29, 0.717) is 30.4 Å². The quantitative estimate of drug-likeness (QED) is 0.774. The van der Waals surface area contributed by atoms with E-state index in [2.05, 4.69) is 20.3 Å². The molecule has 0 aliphatic carbocycles. The summed E-state index contributed by atoms with van der Waals surface area (Å²) < 4.78 is 45.6. The molecule has 1 aromatic carbocycles. The predicted molar refractivity (Wildman–Crippen MR) is 90.7 cm³/mol. The maximum Gasteiger partial charge on any atom is 0.416 e. The average Bonchev–Trinajstić information content (AvgIpc) is 3.04. The van der Waals surface area contributed by atoms with Crippen molar-refractivity contribution in [2.24, 2.45) is 0 Å². The zero-order valence-corrected chi connectivity index (χ0v) is 13.7. The molecule has 3 heterocycles. The van der Waals surface area contributed by atoms with Gasteiger partial charge in [-0.15, -0.1) is 5.10 Å². The third-order valence-electron chi connectivity index (χ3n) is 4.15. The summed E-state index contributed by atoms with van der Waals surface area (Å²) in [6.07, 6.45) is -2.84. The van der Waals surface area contributed by atoms with Crippen LogP contribution in [-0.2, 0) is 10.9 Å². The Hall–Kier alpha value is -2.81. The normalized spacial score (nSPS) is 15.4. The molecule has 1 aliphatic rings. The second-order valence-corrected chi connectivity index (χ2v) is 5.91. The first-order valence-corrected chi connectivity index (χ1v) is 8.12. The molecule has 0 amide bonds. The molecule has 0 unspecified atom stereocenters. The van der Waals surface area contributed by atoms with Crippen LogP contribution in [0.1, 0.15) is 5.56 Å².